The molecular weight excluding hydrogens is 258 g/mol. The largest absolute Gasteiger partial charge is 0.348 e. The number of amides is 1. The number of aromatic nitrogens is 1. The number of fused-ring (bicyclic) bond motifs is 3. The van der Waals surface area contributed by atoms with Crippen molar-refractivity contribution >= 4 is 27.5 Å². The molecule has 3 heterocycles. The Balaban J connectivity index is 1.53. The third-order valence-corrected chi connectivity index (χ3v) is 5.03. The summed E-state index contributed by atoms with van der Waals surface area (Å²) in [5.41, 5.74) is 3.53. The molecule has 4 rings (SSSR count). The molecule has 19 heavy (non-hydrogen) atoms. The van der Waals surface area contributed by atoms with Crippen LogP contribution >= 0.6 is 11.3 Å². The number of piperidine rings is 1. The highest BCUT2D eigenvalue weighted by Crippen LogP contribution is 2.28. The number of nitrogens with zero attached hydrogens (tertiary/aromatic N) is 2. The predicted molar refractivity (Wildman–Crippen MR) is 75.4 cm³/mol. The summed E-state index contributed by atoms with van der Waals surface area (Å²) in [6.07, 6.45) is 1.22. The third-order valence-electron chi connectivity index (χ3n) is 4.24. The Kier molecular flexibility index (Phi) is 2.56. The van der Waals surface area contributed by atoms with Crippen molar-refractivity contribution in [2.45, 2.75) is 12.5 Å². The van der Waals surface area contributed by atoms with Gasteiger partial charge >= 0.3 is 0 Å². The number of carbonyl (C=O) groups is 1. The molecule has 2 aliphatic heterocycles. The molecule has 98 valence electrons. The average Bonchev–Trinajstić information content (AvgIpc) is 3.13. The number of carbonyl (C=O) groups excluding carboxylic acids is 1. The van der Waals surface area contributed by atoms with E-state index in [2.05, 4.69) is 15.2 Å². The Morgan fingerprint density at radius 1 is 1.42 bits per heavy atom. The van der Waals surface area contributed by atoms with E-state index in [-0.39, 0.29) is 5.91 Å². The van der Waals surface area contributed by atoms with Crippen LogP contribution in [0.4, 0.5) is 0 Å². The first kappa shape index (κ1) is 11.4. The fraction of sp³-hybridized carbons (Fsp3) is 0.429. The standard InChI is InChI=1S/C14H15N3OS/c18-14(16-12-7-17-4-3-10(12)6-17)9-1-2-11-13(5-9)19-8-15-11/h1-2,5,8,10,12H,3-4,6-7H2,(H,16,18)/t10?,12-/m0/s1. The number of rotatable bonds is 2. The van der Waals surface area contributed by atoms with Gasteiger partial charge in [0.15, 0.2) is 0 Å². The van der Waals surface area contributed by atoms with Gasteiger partial charge in [0.25, 0.3) is 5.91 Å². The van der Waals surface area contributed by atoms with E-state index < -0.39 is 0 Å². The van der Waals surface area contributed by atoms with Crippen LogP contribution in [0, 0.1) is 5.92 Å². The molecule has 1 N–H and O–H groups in total. The Morgan fingerprint density at radius 3 is 3.16 bits per heavy atom. The summed E-state index contributed by atoms with van der Waals surface area (Å²) in [5.74, 6) is 0.699. The second-order valence-corrected chi connectivity index (χ2v) is 6.31. The second-order valence-electron chi connectivity index (χ2n) is 5.42. The maximum absolute atomic E-state index is 12.3. The normalized spacial score (nSPS) is 28.9. The average molecular weight is 273 g/mol. The van der Waals surface area contributed by atoms with Gasteiger partial charge in [-0.3, -0.25) is 4.79 Å². The van der Waals surface area contributed by atoms with E-state index in [9.17, 15) is 4.79 Å². The quantitative estimate of drug-likeness (QED) is 0.906. The molecule has 2 unspecified atom stereocenters. The van der Waals surface area contributed by atoms with Gasteiger partial charge in [0, 0.05) is 24.7 Å². The lowest BCUT2D eigenvalue weighted by Gasteiger charge is -2.23. The maximum atomic E-state index is 12.3. The smallest absolute Gasteiger partial charge is 0.251 e. The van der Waals surface area contributed by atoms with Crippen LogP contribution in [0.1, 0.15) is 16.8 Å². The van der Waals surface area contributed by atoms with Crippen LogP contribution in [-0.4, -0.2) is 41.5 Å². The SMILES string of the molecule is O=C(N[C@H]1CN2CCC1C2)c1ccc2ncsc2c1. The van der Waals surface area contributed by atoms with Crippen molar-refractivity contribution in [3.05, 3.63) is 29.3 Å². The van der Waals surface area contributed by atoms with Gasteiger partial charge in [-0.1, -0.05) is 0 Å². The number of nitrogens with one attached hydrogen (secondary N) is 1. The van der Waals surface area contributed by atoms with Crippen molar-refractivity contribution in [2.24, 2.45) is 5.92 Å². The van der Waals surface area contributed by atoms with Gasteiger partial charge < -0.3 is 10.2 Å². The van der Waals surface area contributed by atoms with Gasteiger partial charge in [-0.05, 0) is 37.1 Å². The van der Waals surface area contributed by atoms with E-state index in [1.807, 2.05) is 23.7 Å². The Bertz CT molecular complexity index is 638. The molecule has 3 atom stereocenters. The minimum absolute atomic E-state index is 0.0500. The first-order chi connectivity index (χ1) is 9.29. The first-order valence-corrected chi connectivity index (χ1v) is 7.54. The van der Waals surface area contributed by atoms with Crippen LogP contribution in [0.3, 0.4) is 0 Å². The van der Waals surface area contributed by atoms with Crippen LogP contribution in [0.2, 0.25) is 0 Å². The summed E-state index contributed by atoms with van der Waals surface area (Å²) in [6, 6.07) is 6.06. The van der Waals surface area contributed by atoms with Crippen molar-refractivity contribution in [3.8, 4) is 0 Å². The summed E-state index contributed by atoms with van der Waals surface area (Å²) in [5, 5.41) is 3.19. The molecule has 2 aromatic rings. The predicted octanol–water partition coefficient (Wildman–Crippen LogP) is 1.73. The number of thiazole rings is 1. The molecule has 0 aliphatic carbocycles. The van der Waals surface area contributed by atoms with Crippen molar-refractivity contribution in [3.63, 3.8) is 0 Å². The molecule has 0 spiro atoms. The molecule has 2 saturated heterocycles. The highest BCUT2D eigenvalue weighted by Gasteiger charge is 2.38. The summed E-state index contributed by atoms with van der Waals surface area (Å²) in [6.45, 7) is 3.36. The van der Waals surface area contributed by atoms with Gasteiger partial charge in [-0.15, -0.1) is 11.3 Å². The van der Waals surface area contributed by atoms with Crippen LogP contribution in [-0.2, 0) is 0 Å². The van der Waals surface area contributed by atoms with E-state index in [0.29, 0.717) is 12.0 Å². The lowest BCUT2D eigenvalue weighted by molar-refractivity contribution is 0.0924. The molecule has 1 amide bonds. The number of hydrogen-bond donors (Lipinski definition) is 1. The van der Waals surface area contributed by atoms with Crippen molar-refractivity contribution in [2.75, 3.05) is 19.6 Å². The topological polar surface area (TPSA) is 45.2 Å². The van der Waals surface area contributed by atoms with Gasteiger partial charge in [-0.2, -0.15) is 0 Å². The monoisotopic (exact) mass is 273 g/mol. The number of hydrogen-bond acceptors (Lipinski definition) is 4. The fourth-order valence-corrected chi connectivity index (χ4v) is 3.91. The molecule has 2 fully saturated rings. The zero-order chi connectivity index (χ0) is 12.8. The van der Waals surface area contributed by atoms with Gasteiger partial charge in [0.05, 0.1) is 15.7 Å². The highest BCUT2D eigenvalue weighted by molar-refractivity contribution is 7.16. The van der Waals surface area contributed by atoms with E-state index in [4.69, 9.17) is 0 Å². The molecule has 0 radical (unpaired) electrons. The molecule has 1 aromatic carbocycles. The minimum Gasteiger partial charge on any atom is -0.348 e. The molecule has 4 nitrogen and oxygen atoms in total. The van der Waals surface area contributed by atoms with E-state index in [0.717, 1.165) is 28.9 Å². The van der Waals surface area contributed by atoms with Crippen LogP contribution < -0.4 is 5.32 Å². The van der Waals surface area contributed by atoms with E-state index >= 15 is 0 Å². The Hall–Kier alpha value is -1.46. The maximum Gasteiger partial charge on any atom is 0.251 e. The van der Waals surface area contributed by atoms with Crippen molar-refractivity contribution < 1.29 is 4.79 Å². The minimum atomic E-state index is 0.0500. The van der Waals surface area contributed by atoms with Crippen LogP contribution in [0.15, 0.2) is 23.7 Å². The summed E-state index contributed by atoms with van der Waals surface area (Å²) < 4.78 is 1.07. The van der Waals surface area contributed by atoms with Crippen molar-refractivity contribution in [1.82, 2.24) is 15.2 Å². The van der Waals surface area contributed by atoms with Crippen molar-refractivity contribution in [1.29, 1.82) is 0 Å². The van der Waals surface area contributed by atoms with Crippen LogP contribution in [0.25, 0.3) is 10.2 Å². The summed E-state index contributed by atoms with van der Waals surface area (Å²) in [4.78, 5) is 19.0. The van der Waals surface area contributed by atoms with Gasteiger partial charge in [0.1, 0.15) is 0 Å². The lowest BCUT2D eigenvalue weighted by Crippen LogP contribution is -2.43. The molecule has 0 saturated carbocycles. The zero-order valence-electron chi connectivity index (χ0n) is 10.5. The van der Waals surface area contributed by atoms with Gasteiger partial charge in [-0.25, -0.2) is 4.98 Å². The second kappa shape index (κ2) is 4.28. The Labute approximate surface area is 115 Å². The third kappa shape index (κ3) is 1.93. The molecule has 2 aliphatic rings. The van der Waals surface area contributed by atoms with E-state index in [1.54, 1.807) is 11.3 Å². The first-order valence-electron chi connectivity index (χ1n) is 6.66. The highest BCUT2D eigenvalue weighted by atomic mass is 32.1. The molecular formula is C14H15N3OS. The number of benzene rings is 1. The lowest BCUT2D eigenvalue weighted by atomic mass is 9.99. The van der Waals surface area contributed by atoms with Crippen LogP contribution in [0.5, 0.6) is 0 Å². The molecule has 1 aromatic heterocycles. The summed E-state index contributed by atoms with van der Waals surface area (Å²) in [7, 11) is 0. The van der Waals surface area contributed by atoms with E-state index in [1.165, 1.54) is 13.0 Å². The van der Waals surface area contributed by atoms with Gasteiger partial charge in [0.2, 0.25) is 0 Å². The zero-order valence-corrected chi connectivity index (χ0v) is 11.3. The fourth-order valence-electron chi connectivity index (χ4n) is 3.20. The Morgan fingerprint density at radius 2 is 2.37 bits per heavy atom. The molecule has 2 bridgehead atoms. The summed E-state index contributed by atoms with van der Waals surface area (Å²) >= 11 is 1.57. The molecule has 5 heteroatoms.